The molecule has 142 valence electrons. The Morgan fingerprint density at radius 1 is 0.875 bits per heavy atom. The predicted molar refractivity (Wildman–Crippen MR) is 113 cm³/mol. The van der Waals surface area contributed by atoms with Gasteiger partial charge in [-0.1, -0.05) is 41.5 Å². The first kappa shape index (κ1) is 23.9. The average Bonchev–Trinajstić information content (AvgIpc) is 2.37. The fraction of sp³-hybridized carbons (Fsp3) is 0.900. The van der Waals surface area contributed by atoms with Gasteiger partial charge in [0, 0.05) is 13.0 Å². The first-order chi connectivity index (χ1) is 10.6. The summed E-state index contributed by atoms with van der Waals surface area (Å²) in [6.07, 6.45) is 3.16. The van der Waals surface area contributed by atoms with Crippen molar-refractivity contribution in [2.45, 2.75) is 110 Å². The van der Waals surface area contributed by atoms with Crippen LogP contribution in [-0.4, -0.2) is 29.3 Å². The van der Waals surface area contributed by atoms with E-state index in [0.717, 1.165) is 25.9 Å². The molecule has 0 rings (SSSR count). The molecule has 0 amide bonds. The van der Waals surface area contributed by atoms with Gasteiger partial charge in [-0.05, 0) is 56.0 Å². The second-order valence-electron chi connectivity index (χ2n) is 9.88. The number of hydrogen-bond acceptors (Lipinski definition) is 2. The normalized spacial score (nSPS) is 15.0. The Labute approximate surface area is 154 Å². The predicted octanol–water partition coefficient (Wildman–Crippen LogP) is 6.59. The monoisotopic (exact) mass is 370 g/mol. The van der Waals surface area contributed by atoms with Crippen LogP contribution in [0.4, 0.5) is 0 Å². The molecule has 4 heteroatoms. The first-order valence-electron chi connectivity index (χ1n) is 9.35. The van der Waals surface area contributed by atoms with Gasteiger partial charge >= 0.3 is 0 Å². The van der Waals surface area contributed by atoms with Crippen LogP contribution in [0.1, 0.15) is 67.7 Å². The lowest BCUT2D eigenvalue weighted by molar-refractivity contribution is 0.161. The summed E-state index contributed by atoms with van der Waals surface area (Å²) in [6, 6.07) is 0. The summed E-state index contributed by atoms with van der Waals surface area (Å²) in [6.45, 7) is 25.8. The molecule has 0 heterocycles. The van der Waals surface area contributed by atoms with Gasteiger partial charge in [-0.2, -0.15) is 0 Å². The van der Waals surface area contributed by atoms with Gasteiger partial charge in [-0.15, -0.1) is 11.8 Å². The van der Waals surface area contributed by atoms with Crippen molar-refractivity contribution in [1.82, 2.24) is 0 Å². The maximum Gasteiger partial charge on any atom is 0.192 e. The largest absolute Gasteiger partial charge is 0.417 e. The maximum absolute atomic E-state index is 6.60. The molecule has 0 aromatic rings. The third-order valence-corrected chi connectivity index (χ3v) is 14.8. The summed E-state index contributed by atoms with van der Waals surface area (Å²) < 4.78 is 12.9. The summed E-state index contributed by atoms with van der Waals surface area (Å²) in [5.74, 6) is 6.24. The van der Waals surface area contributed by atoms with E-state index < -0.39 is 16.6 Å². The standard InChI is InChI=1S/C20H42O2Si2/c1-12-13-15-18(22-24(10,11)20(5,6)7)16-14-17-21-23(8,9)19(2,3)4/h18H,14-17H2,1-11H3/t18-/m1/s1. The van der Waals surface area contributed by atoms with Crippen molar-refractivity contribution in [3.05, 3.63) is 0 Å². The Bertz CT molecular complexity index is 431. The molecule has 0 radical (unpaired) electrons. The van der Waals surface area contributed by atoms with Crippen molar-refractivity contribution in [2.24, 2.45) is 0 Å². The number of rotatable bonds is 8. The molecule has 0 spiro atoms. The Morgan fingerprint density at radius 3 is 1.79 bits per heavy atom. The lowest BCUT2D eigenvalue weighted by Gasteiger charge is -2.39. The molecular weight excluding hydrogens is 328 g/mol. The highest BCUT2D eigenvalue weighted by molar-refractivity contribution is 6.74. The molecule has 0 aliphatic rings. The van der Waals surface area contributed by atoms with Gasteiger partial charge in [0.25, 0.3) is 0 Å². The summed E-state index contributed by atoms with van der Waals surface area (Å²) in [5, 5.41) is 0.514. The molecule has 0 aliphatic carbocycles. The van der Waals surface area contributed by atoms with Crippen LogP contribution in [0.25, 0.3) is 0 Å². The maximum atomic E-state index is 6.60. The highest BCUT2D eigenvalue weighted by Gasteiger charge is 2.39. The average molecular weight is 371 g/mol. The van der Waals surface area contributed by atoms with Crippen molar-refractivity contribution in [1.29, 1.82) is 0 Å². The molecule has 0 N–H and O–H groups in total. The van der Waals surface area contributed by atoms with E-state index in [1.807, 2.05) is 6.92 Å². The van der Waals surface area contributed by atoms with E-state index in [0.29, 0.717) is 0 Å². The molecule has 24 heavy (non-hydrogen) atoms. The highest BCUT2D eigenvalue weighted by Crippen LogP contribution is 2.38. The van der Waals surface area contributed by atoms with Gasteiger partial charge in [0.05, 0.1) is 6.10 Å². The van der Waals surface area contributed by atoms with Crippen LogP contribution in [0.3, 0.4) is 0 Å². The van der Waals surface area contributed by atoms with E-state index in [1.54, 1.807) is 0 Å². The third kappa shape index (κ3) is 7.86. The Balaban J connectivity index is 4.63. The van der Waals surface area contributed by atoms with Crippen LogP contribution in [0.15, 0.2) is 0 Å². The molecule has 0 unspecified atom stereocenters. The van der Waals surface area contributed by atoms with Crippen LogP contribution < -0.4 is 0 Å². The van der Waals surface area contributed by atoms with Crippen molar-refractivity contribution in [2.75, 3.05) is 6.61 Å². The molecule has 0 saturated carbocycles. The fourth-order valence-electron chi connectivity index (χ4n) is 1.87. The van der Waals surface area contributed by atoms with Crippen LogP contribution >= 0.6 is 0 Å². The zero-order valence-corrected chi connectivity index (χ0v) is 20.2. The molecule has 0 aliphatic heterocycles. The first-order valence-corrected chi connectivity index (χ1v) is 15.2. The van der Waals surface area contributed by atoms with E-state index in [-0.39, 0.29) is 16.2 Å². The SMILES string of the molecule is CC#CC[C@H](CCCO[Si](C)(C)C(C)(C)C)O[Si](C)(C)C(C)(C)C. The minimum absolute atomic E-state index is 0.237. The van der Waals surface area contributed by atoms with E-state index in [9.17, 15) is 0 Å². The van der Waals surface area contributed by atoms with Crippen molar-refractivity contribution < 1.29 is 8.85 Å². The summed E-state index contributed by atoms with van der Waals surface area (Å²) in [7, 11) is -3.38. The smallest absolute Gasteiger partial charge is 0.192 e. The molecule has 2 nitrogen and oxygen atoms in total. The number of hydrogen-bond donors (Lipinski definition) is 0. The zero-order valence-electron chi connectivity index (χ0n) is 18.2. The quantitative estimate of drug-likeness (QED) is 0.272. The Kier molecular flexibility index (Phi) is 8.99. The van der Waals surface area contributed by atoms with Crippen LogP contribution in [-0.2, 0) is 8.85 Å². The van der Waals surface area contributed by atoms with Crippen LogP contribution in [0.5, 0.6) is 0 Å². The summed E-state index contributed by atoms with van der Waals surface area (Å²) in [5.41, 5.74) is 0. The van der Waals surface area contributed by atoms with Gasteiger partial charge in [0.1, 0.15) is 0 Å². The molecule has 0 fully saturated rings. The molecule has 0 aromatic carbocycles. The third-order valence-electron chi connectivity index (χ3n) is 5.71. The second kappa shape index (κ2) is 9.03. The van der Waals surface area contributed by atoms with Crippen LogP contribution in [0, 0.1) is 11.8 Å². The van der Waals surface area contributed by atoms with Gasteiger partial charge in [-0.3, -0.25) is 0 Å². The van der Waals surface area contributed by atoms with Gasteiger partial charge in [0.15, 0.2) is 16.6 Å². The van der Waals surface area contributed by atoms with Crippen molar-refractivity contribution in [3.8, 4) is 11.8 Å². The van der Waals surface area contributed by atoms with E-state index in [2.05, 4.69) is 79.6 Å². The second-order valence-corrected chi connectivity index (χ2v) is 19.4. The van der Waals surface area contributed by atoms with Crippen LogP contribution in [0.2, 0.25) is 36.3 Å². The molecular formula is C20H42O2Si2. The molecule has 0 saturated heterocycles. The zero-order chi connectivity index (χ0) is 19.2. The molecule has 0 aromatic heterocycles. The minimum Gasteiger partial charge on any atom is -0.417 e. The van der Waals surface area contributed by atoms with Crippen molar-refractivity contribution >= 4 is 16.6 Å². The molecule has 1 atom stereocenters. The van der Waals surface area contributed by atoms with E-state index >= 15 is 0 Å². The Morgan fingerprint density at radius 2 is 1.38 bits per heavy atom. The Hall–Kier alpha value is -0.0862. The lowest BCUT2D eigenvalue weighted by atomic mass is 10.1. The minimum atomic E-state index is -1.74. The summed E-state index contributed by atoms with van der Waals surface area (Å²) in [4.78, 5) is 0. The van der Waals surface area contributed by atoms with Gasteiger partial charge < -0.3 is 8.85 Å². The lowest BCUT2D eigenvalue weighted by Crippen LogP contribution is -2.44. The van der Waals surface area contributed by atoms with Crippen molar-refractivity contribution in [3.63, 3.8) is 0 Å². The fourth-order valence-corrected chi connectivity index (χ4v) is 4.34. The molecule has 0 bridgehead atoms. The summed E-state index contributed by atoms with van der Waals surface area (Å²) >= 11 is 0. The van der Waals surface area contributed by atoms with Gasteiger partial charge in [-0.25, -0.2) is 0 Å². The topological polar surface area (TPSA) is 18.5 Å². The van der Waals surface area contributed by atoms with E-state index in [1.165, 1.54) is 0 Å². The van der Waals surface area contributed by atoms with E-state index in [4.69, 9.17) is 8.85 Å². The van der Waals surface area contributed by atoms with Gasteiger partial charge in [0.2, 0.25) is 0 Å². The highest BCUT2D eigenvalue weighted by atomic mass is 28.4.